The fourth-order valence-electron chi connectivity index (χ4n) is 3.75. The zero-order chi connectivity index (χ0) is 19.5. The van der Waals surface area contributed by atoms with E-state index in [-0.39, 0.29) is 25.0 Å². The Kier molecular flexibility index (Phi) is 5.30. The monoisotopic (exact) mass is 379 g/mol. The van der Waals surface area contributed by atoms with Crippen molar-refractivity contribution in [2.45, 2.75) is 13.5 Å². The third kappa shape index (κ3) is 3.87. The Morgan fingerprint density at radius 2 is 1.71 bits per heavy atom. The van der Waals surface area contributed by atoms with Crippen LogP contribution < -0.4 is 9.64 Å². The van der Waals surface area contributed by atoms with Crippen LogP contribution in [0.2, 0.25) is 0 Å². The highest BCUT2D eigenvalue weighted by Crippen LogP contribution is 2.31. The molecule has 0 bridgehead atoms. The van der Waals surface area contributed by atoms with Crippen LogP contribution in [0, 0.1) is 6.92 Å². The number of carbonyl (C=O) groups excluding carboxylic acids is 2. The zero-order valence-corrected chi connectivity index (χ0v) is 16.1. The molecule has 2 aromatic carbocycles. The maximum absolute atomic E-state index is 12.8. The van der Waals surface area contributed by atoms with Crippen molar-refractivity contribution in [2.24, 2.45) is 0 Å². The molecule has 0 aromatic heterocycles. The Hall–Kier alpha value is -2.86. The lowest BCUT2D eigenvalue weighted by Gasteiger charge is -2.36. The lowest BCUT2D eigenvalue weighted by Crippen LogP contribution is -2.52. The predicted molar refractivity (Wildman–Crippen MR) is 107 cm³/mol. The van der Waals surface area contributed by atoms with Gasteiger partial charge in [0.15, 0.2) is 6.61 Å². The number of carbonyl (C=O) groups is 2. The van der Waals surface area contributed by atoms with Crippen molar-refractivity contribution < 1.29 is 14.3 Å². The highest BCUT2D eigenvalue weighted by molar-refractivity contribution is 6.02. The van der Waals surface area contributed by atoms with Crippen molar-refractivity contribution in [3.8, 4) is 5.75 Å². The van der Waals surface area contributed by atoms with Crippen molar-refractivity contribution in [1.82, 2.24) is 9.80 Å². The summed E-state index contributed by atoms with van der Waals surface area (Å²) in [5.74, 6) is 0.462. The molecule has 2 amide bonds. The van der Waals surface area contributed by atoms with Gasteiger partial charge in [0, 0.05) is 32.7 Å². The first-order valence-corrected chi connectivity index (χ1v) is 9.68. The molecule has 0 spiro atoms. The lowest BCUT2D eigenvalue weighted by molar-refractivity contribution is -0.133. The molecule has 1 saturated heterocycles. The molecule has 0 aliphatic carbocycles. The van der Waals surface area contributed by atoms with Gasteiger partial charge < -0.3 is 9.64 Å². The Morgan fingerprint density at radius 1 is 1.00 bits per heavy atom. The third-order valence-electron chi connectivity index (χ3n) is 5.48. The molecule has 0 N–H and O–H groups in total. The average molecular weight is 379 g/mol. The first-order valence-electron chi connectivity index (χ1n) is 9.68. The molecule has 146 valence electrons. The quantitative estimate of drug-likeness (QED) is 0.816. The van der Waals surface area contributed by atoms with Crippen LogP contribution in [0.4, 0.5) is 5.69 Å². The van der Waals surface area contributed by atoms with Gasteiger partial charge in [0.2, 0.25) is 5.91 Å². The zero-order valence-electron chi connectivity index (χ0n) is 16.1. The number of nitrogens with zero attached hydrogens (tertiary/aromatic N) is 3. The van der Waals surface area contributed by atoms with Crippen molar-refractivity contribution in [2.75, 3.05) is 44.2 Å². The molecule has 6 heteroatoms. The van der Waals surface area contributed by atoms with E-state index in [1.54, 1.807) is 4.90 Å². The fraction of sp³-hybridized carbons (Fsp3) is 0.364. The van der Waals surface area contributed by atoms with Gasteiger partial charge in [0.1, 0.15) is 12.3 Å². The van der Waals surface area contributed by atoms with E-state index in [0.717, 1.165) is 19.6 Å². The molecule has 0 saturated carbocycles. The third-order valence-corrected chi connectivity index (χ3v) is 5.48. The Morgan fingerprint density at radius 3 is 2.50 bits per heavy atom. The number of amides is 2. The molecule has 6 nitrogen and oxygen atoms in total. The van der Waals surface area contributed by atoms with E-state index in [9.17, 15) is 9.59 Å². The normalized spacial score (nSPS) is 17.2. The topological polar surface area (TPSA) is 53.1 Å². The van der Waals surface area contributed by atoms with Crippen LogP contribution in [0.5, 0.6) is 5.75 Å². The molecule has 2 heterocycles. The molecular formula is C22H25N3O3. The van der Waals surface area contributed by atoms with Crippen LogP contribution in [0.15, 0.2) is 48.5 Å². The Bertz CT molecular complexity index is 875. The number of aryl methyl sites for hydroxylation is 1. The van der Waals surface area contributed by atoms with E-state index in [1.807, 2.05) is 29.2 Å². The highest BCUT2D eigenvalue weighted by Gasteiger charge is 2.29. The largest absolute Gasteiger partial charge is 0.482 e. The van der Waals surface area contributed by atoms with E-state index in [4.69, 9.17) is 4.74 Å². The van der Waals surface area contributed by atoms with Crippen molar-refractivity contribution in [3.63, 3.8) is 0 Å². The smallest absolute Gasteiger partial charge is 0.265 e. The van der Waals surface area contributed by atoms with E-state index in [2.05, 4.69) is 36.1 Å². The summed E-state index contributed by atoms with van der Waals surface area (Å²) in [6.07, 6.45) is 0. The van der Waals surface area contributed by atoms with Gasteiger partial charge in [-0.2, -0.15) is 0 Å². The molecule has 2 aliphatic rings. The second kappa shape index (κ2) is 8.02. The van der Waals surface area contributed by atoms with Gasteiger partial charge in [-0.1, -0.05) is 36.4 Å². The van der Waals surface area contributed by atoms with E-state index >= 15 is 0 Å². The second-order valence-electron chi connectivity index (χ2n) is 7.32. The average Bonchev–Trinajstić information content (AvgIpc) is 2.72. The maximum atomic E-state index is 12.8. The van der Waals surface area contributed by atoms with E-state index < -0.39 is 0 Å². The van der Waals surface area contributed by atoms with Crippen molar-refractivity contribution in [1.29, 1.82) is 0 Å². The fourth-order valence-corrected chi connectivity index (χ4v) is 3.75. The lowest BCUT2D eigenvalue weighted by atomic mass is 10.1. The Labute approximate surface area is 165 Å². The minimum Gasteiger partial charge on any atom is -0.482 e. The minimum atomic E-state index is -0.176. The number of rotatable bonds is 4. The van der Waals surface area contributed by atoms with Crippen LogP contribution in [0.25, 0.3) is 0 Å². The van der Waals surface area contributed by atoms with Gasteiger partial charge in [-0.25, -0.2) is 0 Å². The van der Waals surface area contributed by atoms with Crippen LogP contribution >= 0.6 is 0 Å². The molecule has 2 aromatic rings. The number of para-hydroxylation sites is 2. The molecular weight excluding hydrogens is 354 g/mol. The molecule has 1 fully saturated rings. The van der Waals surface area contributed by atoms with Crippen LogP contribution in [-0.4, -0.2) is 60.9 Å². The first kappa shape index (κ1) is 18.5. The van der Waals surface area contributed by atoms with E-state index in [0.29, 0.717) is 24.5 Å². The van der Waals surface area contributed by atoms with Crippen LogP contribution in [-0.2, 0) is 16.1 Å². The van der Waals surface area contributed by atoms with Gasteiger partial charge in [-0.15, -0.1) is 0 Å². The van der Waals surface area contributed by atoms with Crippen molar-refractivity contribution in [3.05, 3.63) is 59.7 Å². The van der Waals surface area contributed by atoms with Gasteiger partial charge in [-0.3, -0.25) is 19.4 Å². The van der Waals surface area contributed by atoms with Gasteiger partial charge in [0.25, 0.3) is 5.91 Å². The number of hydrogen-bond acceptors (Lipinski definition) is 4. The molecule has 4 rings (SSSR count). The molecule has 0 radical (unpaired) electrons. The molecule has 0 atom stereocenters. The number of fused-ring (bicyclic) bond motifs is 1. The Balaban J connectivity index is 1.35. The molecule has 2 aliphatic heterocycles. The number of piperazine rings is 1. The predicted octanol–water partition coefficient (Wildman–Crippen LogP) is 2.06. The van der Waals surface area contributed by atoms with Gasteiger partial charge in [-0.05, 0) is 30.2 Å². The summed E-state index contributed by atoms with van der Waals surface area (Å²) in [5, 5.41) is 0. The van der Waals surface area contributed by atoms with Crippen LogP contribution in [0.1, 0.15) is 11.1 Å². The van der Waals surface area contributed by atoms with Gasteiger partial charge in [0.05, 0.1) is 5.69 Å². The SMILES string of the molecule is Cc1ccccc1CN1CCN(C(=O)CN2C(=O)COc3ccccc32)CC1. The first-order chi connectivity index (χ1) is 13.6. The summed E-state index contributed by atoms with van der Waals surface area (Å²) in [5.41, 5.74) is 3.30. The molecule has 0 unspecified atom stereocenters. The summed E-state index contributed by atoms with van der Waals surface area (Å²) >= 11 is 0. The number of anilines is 1. The number of ether oxygens (including phenoxy) is 1. The minimum absolute atomic E-state index is 0.0133. The van der Waals surface area contributed by atoms with Crippen molar-refractivity contribution >= 4 is 17.5 Å². The molecule has 28 heavy (non-hydrogen) atoms. The number of benzene rings is 2. The second-order valence-corrected chi connectivity index (χ2v) is 7.32. The number of hydrogen-bond donors (Lipinski definition) is 0. The standard InChI is InChI=1S/C22H25N3O3/c1-17-6-2-3-7-18(17)14-23-10-12-24(13-11-23)21(26)15-25-19-8-4-5-9-20(19)28-16-22(25)27/h2-9H,10-16H2,1H3. The summed E-state index contributed by atoms with van der Waals surface area (Å²) in [4.78, 5) is 30.9. The van der Waals surface area contributed by atoms with Gasteiger partial charge >= 0.3 is 0 Å². The summed E-state index contributed by atoms with van der Waals surface area (Å²) in [7, 11) is 0. The van der Waals surface area contributed by atoms with Crippen LogP contribution in [0.3, 0.4) is 0 Å². The van der Waals surface area contributed by atoms with E-state index in [1.165, 1.54) is 11.1 Å². The summed E-state index contributed by atoms with van der Waals surface area (Å²) in [6, 6.07) is 15.8. The summed E-state index contributed by atoms with van der Waals surface area (Å²) in [6.45, 7) is 6.14. The highest BCUT2D eigenvalue weighted by atomic mass is 16.5. The summed E-state index contributed by atoms with van der Waals surface area (Å²) < 4.78 is 5.45. The maximum Gasteiger partial charge on any atom is 0.265 e.